The van der Waals surface area contributed by atoms with Crippen molar-refractivity contribution in [1.29, 1.82) is 0 Å². The molecule has 0 rings (SSSR count). The molecule has 218 valence electrons. The van der Waals surface area contributed by atoms with Gasteiger partial charge in [-0.2, -0.15) is 0 Å². The van der Waals surface area contributed by atoms with Gasteiger partial charge in [0.25, 0.3) is 17.9 Å². The number of carboxylic acids is 1. The van der Waals surface area contributed by atoms with Gasteiger partial charge in [0.15, 0.2) is 0 Å². The van der Waals surface area contributed by atoms with E-state index in [4.69, 9.17) is 5.11 Å². The van der Waals surface area contributed by atoms with E-state index in [1.807, 2.05) is 0 Å². The summed E-state index contributed by atoms with van der Waals surface area (Å²) < 4.78 is 17.3. The van der Waals surface area contributed by atoms with Gasteiger partial charge in [-0.25, -0.2) is 0 Å². The second-order valence-electron chi connectivity index (χ2n) is 9.07. The van der Waals surface area contributed by atoms with Crippen molar-refractivity contribution in [3.05, 3.63) is 0 Å². The molecule has 0 heterocycles. The van der Waals surface area contributed by atoms with Crippen LogP contribution in [-0.4, -0.2) is 58.9 Å². The molecule has 37 heavy (non-hydrogen) atoms. The minimum atomic E-state index is -3.49. The first-order valence-corrected chi connectivity index (χ1v) is 20.2. The molecule has 0 saturated carbocycles. The van der Waals surface area contributed by atoms with Crippen molar-refractivity contribution in [2.45, 2.75) is 147 Å². The van der Waals surface area contributed by atoms with Gasteiger partial charge in [0.05, 0.1) is 0 Å². The molecule has 0 bridgehead atoms. The predicted molar refractivity (Wildman–Crippen MR) is 152 cm³/mol. The van der Waals surface area contributed by atoms with Crippen LogP contribution in [0.15, 0.2) is 0 Å². The third-order valence-corrected chi connectivity index (χ3v) is 10.9. The molecule has 0 fully saturated rings. The van der Waals surface area contributed by atoms with Crippen LogP contribution in [0.25, 0.3) is 0 Å². The number of carbonyl (C=O) groups excluding carboxylic acids is 3. The summed E-state index contributed by atoms with van der Waals surface area (Å²) >= 11 is 0.149. The zero-order valence-corrected chi connectivity index (χ0v) is 28.5. The summed E-state index contributed by atoms with van der Waals surface area (Å²) in [5.41, 5.74) is 0. The Balaban J connectivity index is -0.000000481. The molecule has 8 nitrogen and oxygen atoms in total. The average Bonchev–Trinajstić information content (AvgIpc) is 2.76. The van der Waals surface area contributed by atoms with E-state index in [-0.39, 0.29) is 21.1 Å². The molecule has 0 aromatic heterocycles. The van der Waals surface area contributed by atoms with Gasteiger partial charge < -0.3 is 18.4 Å². The van der Waals surface area contributed by atoms with Crippen molar-refractivity contribution >= 4 is 53.8 Å². The van der Waals surface area contributed by atoms with E-state index >= 15 is 0 Å². The average molecular weight is 654 g/mol. The topological polar surface area (TPSA) is 116 Å². The summed E-state index contributed by atoms with van der Waals surface area (Å²) in [6, 6.07) is 0. The van der Waals surface area contributed by atoms with E-state index < -0.39 is 32.7 Å². The van der Waals surface area contributed by atoms with Crippen LogP contribution in [0, 0.1) is 0 Å². The molecule has 2 radical (unpaired) electrons. The van der Waals surface area contributed by atoms with E-state index in [0.29, 0.717) is 6.42 Å². The summed E-state index contributed by atoms with van der Waals surface area (Å²) in [6.45, 7) is 11.5. The number of hydrogen-bond donors (Lipinski definition) is 1. The monoisotopic (exact) mass is 654 g/mol. The maximum absolute atomic E-state index is 10.7. The molecule has 0 aromatic carbocycles. The van der Waals surface area contributed by atoms with Crippen LogP contribution < -0.4 is 0 Å². The summed E-state index contributed by atoms with van der Waals surface area (Å²) in [7, 11) is -3.49. The zero-order valence-electron chi connectivity index (χ0n) is 24.6. The standard InChI is InChI=1S/C12H24O2.C7H12O6Si.2C4H9.Sn/c1-2-3-4-5-6-7-8-9-10-11-12(13)14;1-5(8)11-14(4,12-6(2)9)13-7(3)10;2*1-3-4-2;/h2-11H2,1H3,(H,13,14);1-4H3;2*1,3-4H2,2H3;. The predicted octanol–water partition coefficient (Wildman–Crippen LogP) is 7.36. The summed E-state index contributed by atoms with van der Waals surface area (Å²) in [6.07, 6.45) is 17.3. The molecule has 0 aliphatic carbocycles. The number of hydrogen-bond acceptors (Lipinski definition) is 7. The summed E-state index contributed by atoms with van der Waals surface area (Å²) in [4.78, 5) is 42.2. The fourth-order valence-electron chi connectivity index (χ4n) is 3.16. The van der Waals surface area contributed by atoms with E-state index in [9.17, 15) is 19.2 Å². The molecule has 0 aromatic rings. The maximum atomic E-state index is 10.7. The first-order valence-electron chi connectivity index (χ1n) is 13.9. The van der Waals surface area contributed by atoms with Gasteiger partial charge in [-0.1, -0.05) is 58.3 Å². The molecule has 0 atom stereocenters. The number of carboxylic acid groups (broad SMARTS) is 1. The van der Waals surface area contributed by atoms with E-state index in [1.165, 1.54) is 77.2 Å². The third kappa shape index (κ3) is 39.6. The quantitative estimate of drug-likeness (QED) is 0.114. The molecular weight excluding hydrogens is 599 g/mol. The van der Waals surface area contributed by atoms with Gasteiger partial charge >= 0.3 is 84.3 Å². The summed E-state index contributed by atoms with van der Waals surface area (Å²) in [5, 5.41) is 8.41. The van der Waals surface area contributed by atoms with Crippen LogP contribution in [0.3, 0.4) is 0 Å². The van der Waals surface area contributed by atoms with Crippen LogP contribution in [0.5, 0.6) is 0 Å². The Bertz CT molecular complexity index is 540. The van der Waals surface area contributed by atoms with Gasteiger partial charge in [0, 0.05) is 33.7 Å². The number of aliphatic carboxylic acids is 1. The second-order valence-corrected chi connectivity index (χ2v) is 15.7. The van der Waals surface area contributed by atoms with Crippen molar-refractivity contribution in [3.8, 4) is 0 Å². The van der Waals surface area contributed by atoms with Crippen LogP contribution in [0.2, 0.25) is 15.4 Å². The van der Waals surface area contributed by atoms with Crippen molar-refractivity contribution in [2.24, 2.45) is 0 Å². The molecule has 1 N–H and O–H groups in total. The third-order valence-electron chi connectivity index (χ3n) is 4.90. The number of carbonyl (C=O) groups is 4. The fourth-order valence-corrected chi connectivity index (χ4v) is 9.01. The van der Waals surface area contributed by atoms with Gasteiger partial charge in [-0.05, 0) is 6.42 Å². The SMILES string of the molecule is CC(=O)O[Si](C)(OC(C)=O)OC(C)=O.CCCCCCCCCCCC(=O)O.CCC[CH2][Sn][CH2]CCC. The Morgan fingerprint density at radius 1 is 0.595 bits per heavy atom. The molecule has 0 aliphatic heterocycles. The number of rotatable bonds is 19. The van der Waals surface area contributed by atoms with Crippen molar-refractivity contribution in [2.75, 3.05) is 0 Å². The van der Waals surface area contributed by atoms with Crippen LogP contribution >= 0.6 is 0 Å². The molecule has 0 saturated heterocycles. The van der Waals surface area contributed by atoms with Crippen LogP contribution in [-0.2, 0) is 32.5 Å². The molecule has 0 spiro atoms. The van der Waals surface area contributed by atoms with Gasteiger partial charge in [0.2, 0.25) is 0 Å². The first-order chi connectivity index (χ1) is 17.4. The van der Waals surface area contributed by atoms with Crippen molar-refractivity contribution in [3.63, 3.8) is 0 Å². The number of unbranched alkanes of at least 4 members (excludes halogenated alkanes) is 10. The van der Waals surface area contributed by atoms with Gasteiger partial charge in [-0.15, -0.1) is 0 Å². The van der Waals surface area contributed by atoms with Gasteiger partial charge in [-0.3, -0.25) is 19.2 Å². The Labute approximate surface area is 237 Å². The van der Waals surface area contributed by atoms with Crippen molar-refractivity contribution in [1.82, 2.24) is 0 Å². The van der Waals surface area contributed by atoms with E-state index in [0.717, 1.165) is 33.6 Å². The van der Waals surface area contributed by atoms with E-state index in [1.54, 1.807) is 8.87 Å². The fraction of sp³-hybridized carbons (Fsp3) is 0.852. The molecular formula is C27H54O8SiSn. The normalized spacial score (nSPS) is 10.2. The first kappa shape index (κ1) is 40.4. The van der Waals surface area contributed by atoms with Gasteiger partial charge in [0.1, 0.15) is 0 Å². The van der Waals surface area contributed by atoms with Crippen LogP contribution in [0.1, 0.15) is 131 Å². The molecule has 0 aliphatic rings. The zero-order chi connectivity index (χ0) is 29.0. The molecule has 0 amide bonds. The Hall–Kier alpha value is -1.10. The minimum absolute atomic E-state index is 0.149. The summed E-state index contributed by atoms with van der Waals surface area (Å²) in [5.74, 6) is -2.65. The molecule has 0 unspecified atom stereocenters. The second kappa shape index (κ2) is 29.5. The van der Waals surface area contributed by atoms with Crippen LogP contribution in [0.4, 0.5) is 0 Å². The molecule has 10 heteroatoms. The Morgan fingerprint density at radius 3 is 1.22 bits per heavy atom. The van der Waals surface area contributed by atoms with E-state index in [2.05, 4.69) is 34.0 Å². The Morgan fingerprint density at radius 2 is 0.919 bits per heavy atom. The van der Waals surface area contributed by atoms with Crippen molar-refractivity contribution < 1.29 is 37.6 Å². The Kier molecular flexibility index (Phi) is 32.2.